The smallest absolute Gasteiger partial charge is 0.264 e. The second-order valence-corrected chi connectivity index (χ2v) is 7.64. The lowest BCUT2D eigenvalue weighted by atomic mass is 10.0. The van der Waals surface area contributed by atoms with Crippen molar-refractivity contribution in [3.8, 4) is 11.3 Å². The molecule has 0 amide bonds. The Morgan fingerprint density at radius 2 is 2.07 bits per heavy atom. The summed E-state index contributed by atoms with van der Waals surface area (Å²) in [6.45, 7) is 1.99. The predicted molar refractivity (Wildman–Crippen MR) is 106 cm³/mol. The maximum Gasteiger partial charge on any atom is 0.264 e. The van der Waals surface area contributed by atoms with E-state index in [1.807, 2.05) is 7.05 Å². The SMILES string of the molecule is CN1CCC[C@@H](Nc2nnc(-c3ccc(Cl)cc3C(F)F)c3cnn(C)c23)C1. The fourth-order valence-corrected chi connectivity index (χ4v) is 3.98. The van der Waals surface area contributed by atoms with Crippen LogP contribution < -0.4 is 5.32 Å². The molecule has 4 rings (SSSR count). The molecule has 0 aliphatic carbocycles. The number of hydrogen-bond acceptors (Lipinski definition) is 5. The third kappa shape index (κ3) is 3.54. The highest BCUT2D eigenvalue weighted by molar-refractivity contribution is 6.30. The molecule has 148 valence electrons. The number of aromatic nitrogens is 4. The summed E-state index contributed by atoms with van der Waals surface area (Å²) in [6.07, 6.45) is 1.12. The van der Waals surface area contributed by atoms with E-state index >= 15 is 0 Å². The number of rotatable bonds is 4. The fourth-order valence-electron chi connectivity index (χ4n) is 3.80. The van der Waals surface area contributed by atoms with Crippen LogP contribution in [0.5, 0.6) is 0 Å². The number of hydrogen-bond donors (Lipinski definition) is 1. The molecule has 6 nitrogen and oxygen atoms in total. The van der Waals surface area contributed by atoms with Gasteiger partial charge in [0, 0.05) is 35.8 Å². The van der Waals surface area contributed by atoms with Gasteiger partial charge in [-0.1, -0.05) is 17.7 Å². The lowest BCUT2D eigenvalue weighted by Gasteiger charge is -2.30. The summed E-state index contributed by atoms with van der Waals surface area (Å²) in [7, 11) is 3.90. The molecule has 2 aromatic heterocycles. The average molecular weight is 407 g/mol. The Balaban J connectivity index is 1.79. The molecule has 0 radical (unpaired) electrons. The van der Waals surface area contributed by atoms with Crippen LogP contribution in [0.4, 0.5) is 14.6 Å². The normalized spacial score (nSPS) is 18.1. The number of halogens is 3. The van der Waals surface area contributed by atoms with Gasteiger partial charge in [-0.2, -0.15) is 5.10 Å². The Kier molecular flexibility index (Phi) is 5.16. The predicted octanol–water partition coefficient (Wildman–Crippen LogP) is 4.13. The van der Waals surface area contributed by atoms with Crippen LogP contribution >= 0.6 is 11.6 Å². The Labute approximate surface area is 166 Å². The molecule has 3 aromatic rings. The van der Waals surface area contributed by atoms with Crippen molar-refractivity contribution < 1.29 is 8.78 Å². The first-order valence-corrected chi connectivity index (χ1v) is 9.53. The summed E-state index contributed by atoms with van der Waals surface area (Å²) >= 11 is 5.92. The first kappa shape index (κ1) is 19.0. The molecule has 1 saturated heterocycles. The van der Waals surface area contributed by atoms with Crippen LogP contribution in [0.3, 0.4) is 0 Å². The van der Waals surface area contributed by atoms with Crippen molar-refractivity contribution in [3.05, 3.63) is 35.0 Å². The highest BCUT2D eigenvalue weighted by Gasteiger charge is 2.23. The van der Waals surface area contributed by atoms with E-state index in [-0.39, 0.29) is 16.6 Å². The van der Waals surface area contributed by atoms with Gasteiger partial charge in [-0.05, 0) is 38.6 Å². The van der Waals surface area contributed by atoms with Crippen molar-refractivity contribution in [1.29, 1.82) is 0 Å². The van der Waals surface area contributed by atoms with E-state index in [1.54, 1.807) is 23.0 Å². The number of likely N-dealkylation sites (tertiary alicyclic amines) is 1. The van der Waals surface area contributed by atoms with Gasteiger partial charge in [0.2, 0.25) is 0 Å². The Morgan fingerprint density at radius 1 is 1.25 bits per heavy atom. The van der Waals surface area contributed by atoms with Crippen LogP contribution in [-0.4, -0.2) is 51.1 Å². The topological polar surface area (TPSA) is 58.9 Å². The summed E-state index contributed by atoms with van der Waals surface area (Å²) in [5, 5.41) is 17.3. The molecule has 0 saturated carbocycles. The number of anilines is 1. The van der Waals surface area contributed by atoms with E-state index in [4.69, 9.17) is 11.6 Å². The molecular weight excluding hydrogens is 386 g/mol. The van der Waals surface area contributed by atoms with Crippen LogP contribution in [0.15, 0.2) is 24.4 Å². The van der Waals surface area contributed by atoms with E-state index in [1.165, 1.54) is 6.07 Å². The van der Waals surface area contributed by atoms with E-state index < -0.39 is 6.43 Å². The minimum absolute atomic E-state index is 0.165. The molecule has 0 unspecified atom stereocenters. The van der Waals surface area contributed by atoms with Crippen molar-refractivity contribution in [1.82, 2.24) is 24.9 Å². The number of benzene rings is 1. The van der Waals surface area contributed by atoms with Gasteiger partial charge < -0.3 is 10.2 Å². The maximum absolute atomic E-state index is 13.6. The largest absolute Gasteiger partial charge is 0.363 e. The quantitative estimate of drug-likeness (QED) is 0.706. The molecule has 0 bridgehead atoms. The van der Waals surface area contributed by atoms with Crippen LogP contribution in [-0.2, 0) is 7.05 Å². The monoisotopic (exact) mass is 406 g/mol. The highest BCUT2D eigenvalue weighted by atomic mass is 35.5. The zero-order valence-corrected chi connectivity index (χ0v) is 16.4. The van der Waals surface area contributed by atoms with Crippen LogP contribution in [0, 0.1) is 0 Å². The molecule has 0 spiro atoms. The van der Waals surface area contributed by atoms with E-state index in [2.05, 4.69) is 32.6 Å². The highest BCUT2D eigenvalue weighted by Crippen LogP contribution is 2.36. The Hall–Kier alpha value is -2.32. The van der Waals surface area contributed by atoms with E-state index in [9.17, 15) is 8.78 Å². The number of nitrogens with one attached hydrogen (secondary N) is 1. The third-order valence-electron chi connectivity index (χ3n) is 5.14. The van der Waals surface area contributed by atoms with E-state index in [0.717, 1.165) is 31.4 Å². The fraction of sp³-hybridized carbons (Fsp3) is 0.421. The van der Waals surface area contributed by atoms with Gasteiger partial charge in [-0.3, -0.25) is 4.68 Å². The number of likely N-dealkylation sites (N-methyl/N-ethyl adjacent to an activating group) is 1. The van der Waals surface area contributed by atoms with Gasteiger partial charge >= 0.3 is 0 Å². The summed E-state index contributed by atoms with van der Waals surface area (Å²) in [5.74, 6) is 0.617. The molecule has 1 N–H and O–H groups in total. The Bertz CT molecular complexity index is 1010. The molecule has 1 aliphatic heterocycles. The number of fused-ring (bicyclic) bond motifs is 1. The molecule has 1 fully saturated rings. The third-order valence-corrected chi connectivity index (χ3v) is 5.37. The zero-order chi connectivity index (χ0) is 19.8. The molecule has 3 heterocycles. The number of aryl methyl sites for hydroxylation is 1. The Morgan fingerprint density at radius 3 is 2.82 bits per heavy atom. The molecule has 1 atom stereocenters. The summed E-state index contributed by atoms with van der Waals surface area (Å²) in [5.41, 5.74) is 1.27. The van der Waals surface area contributed by atoms with Crippen molar-refractivity contribution >= 4 is 28.3 Å². The zero-order valence-electron chi connectivity index (χ0n) is 15.7. The second kappa shape index (κ2) is 7.60. The molecular formula is C19H21ClF2N6. The molecule has 1 aliphatic rings. The molecule has 9 heteroatoms. The minimum Gasteiger partial charge on any atom is -0.363 e. The van der Waals surface area contributed by atoms with Gasteiger partial charge in [0.25, 0.3) is 6.43 Å². The maximum atomic E-state index is 13.6. The lowest BCUT2D eigenvalue weighted by molar-refractivity contribution is 0.152. The second-order valence-electron chi connectivity index (χ2n) is 7.21. The summed E-state index contributed by atoms with van der Waals surface area (Å²) in [4.78, 5) is 2.27. The molecule has 1 aromatic carbocycles. The van der Waals surface area contributed by atoms with Crippen molar-refractivity contribution in [2.75, 3.05) is 25.5 Å². The van der Waals surface area contributed by atoms with Gasteiger partial charge in [0.15, 0.2) is 5.82 Å². The van der Waals surface area contributed by atoms with Crippen molar-refractivity contribution in [2.45, 2.75) is 25.3 Å². The average Bonchev–Trinajstić information content (AvgIpc) is 3.05. The van der Waals surface area contributed by atoms with Crippen LogP contribution in [0.1, 0.15) is 24.8 Å². The van der Waals surface area contributed by atoms with Gasteiger partial charge in [0.1, 0.15) is 11.2 Å². The first-order valence-electron chi connectivity index (χ1n) is 9.15. The first-order chi connectivity index (χ1) is 13.4. The number of nitrogens with zero attached hydrogens (tertiary/aromatic N) is 5. The summed E-state index contributed by atoms with van der Waals surface area (Å²) < 4.78 is 28.9. The van der Waals surface area contributed by atoms with Crippen LogP contribution in [0.25, 0.3) is 22.2 Å². The van der Waals surface area contributed by atoms with Crippen LogP contribution in [0.2, 0.25) is 5.02 Å². The summed E-state index contributed by atoms with van der Waals surface area (Å²) in [6, 6.07) is 4.67. The lowest BCUT2D eigenvalue weighted by Crippen LogP contribution is -2.40. The van der Waals surface area contributed by atoms with Gasteiger partial charge in [-0.15, -0.1) is 10.2 Å². The minimum atomic E-state index is -2.67. The number of piperidine rings is 1. The van der Waals surface area contributed by atoms with Gasteiger partial charge in [-0.25, -0.2) is 8.78 Å². The molecule has 28 heavy (non-hydrogen) atoms. The standard InChI is InChI=1S/C19H21ClF2N6/c1-27-7-3-4-12(10-27)24-19-17-15(9-23-28(17)2)16(25-26-19)13-6-5-11(20)8-14(13)18(21)22/h5-6,8-9,12,18H,3-4,7,10H2,1-2H3,(H,24,26)/t12-/m1/s1. The number of alkyl halides is 2. The van der Waals surface area contributed by atoms with Gasteiger partial charge in [0.05, 0.1) is 11.6 Å². The van der Waals surface area contributed by atoms with Crippen molar-refractivity contribution in [3.63, 3.8) is 0 Å². The van der Waals surface area contributed by atoms with Crippen molar-refractivity contribution in [2.24, 2.45) is 7.05 Å². The van der Waals surface area contributed by atoms with E-state index in [0.29, 0.717) is 22.5 Å².